The number of hydrogen-bond donors (Lipinski definition) is 2. The summed E-state index contributed by atoms with van der Waals surface area (Å²) >= 11 is 0. The predicted octanol–water partition coefficient (Wildman–Crippen LogP) is 0.744. The van der Waals surface area contributed by atoms with E-state index in [1.807, 2.05) is 0 Å². The highest BCUT2D eigenvalue weighted by molar-refractivity contribution is 7.81. The highest BCUT2D eigenvalue weighted by Gasteiger charge is 2.07. The van der Waals surface area contributed by atoms with Crippen LogP contribution in [0.1, 0.15) is 0 Å². The number of nitrogens with one attached hydrogen (secondary N) is 1. The summed E-state index contributed by atoms with van der Waals surface area (Å²) in [6.07, 6.45) is 1.47. The molecule has 0 atom stereocenters. The third-order valence-electron chi connectivity index (χ3n) is 1.59. The molecule has 0 saturated carbocycles. The minimum Gasteiger partial charge on any atom is -0.362 e. The Kier molecular flexibility index (Phi) is 1.90. The van der Waals surface area contributed by atoms with Crippen LogP contribution in [-0.2, 0) is 10.4 Å². The van der Waals surface area contributed by atoms with E-state index in [4.69, 9.17) is 4.55 Å². The van der Waals surface area contributed by atoms with E-state index in [1.54, 1.807) is 6.07 Å². The third kappa shape index (κ3) is 1.83. The van der Waals surface area contributed by atoms with Gasteiger partial charge in [0, 0.05) is 6.07 Å². The van der Waals surface area contributed by atoms with E-state index < -0.39 is 10.4 Å². The molecule has 0 spiro atoms. The first-order valence-electron chi connectivity index (χ1n) is 3.65. The Morgan fingerprint density at radius 1 is 1.43 bits per heavy atom. The van der Waals surface area contributed by atoms with Gasteiger partial charge in [-0.3, -0.25) is 4.55 Å². The molecule has 1 aromatic heterocycles. The Morgan fingerprint density at radius 2 is 2.21 bits per heavy atom. The second-order valence-corrected chi connectivity index (χ2v) is 3.61. The van der Waals surface area contributed by atoms with Gasteiger partial charge in [0.25, 0.3) is 0 Å². The Morgan fingerprint density at radius 3 is 2.93 bits per heavy atom. The lowest BCUT2D eigenvalue weighted by Gasteiger charge is -1.99. The van der Waals surface area contributed by atoms with E-state index >= 15 is 0 Å². The maximum atomic E-state index is 10.4. The first kappa shape index (κ1) is 8.97. The van der Waals surface area contributed by atoms with Gasteiger partial charge in [0.15, 0.2) is 0 Å². The lowest BCUT2D eigenvalue weighted by atomic mass is 10.3. The maximum Gasteiger partial charge on any atom is 0.446 e. The minimum absolute atomic E-state index is 0.0317. The molecule has 2 rings (SSSR count). The van der Waals surface area contributed by atoms with E-state index in [0.717, 1.165) is 0 Å². The zero-order chi connectivity index (χ0) is 10.2. The molecular formula is C7H6N2O4S. The Labute approximate surface area is 79.5 Å². The molecule has 0 aliphatic rings. The van der Waals surface area contributed by atoms with Crippen LogP contribution in [0, 0.1) is 0 Å². The van der Waals surface area contributed by atoms with Crippen molar-refractivity contribution in [1.82, 2.24) is 9.97 Å². The lowest BCUT2D eigenvalue weighted by Crippen LogP contribution is -2.06. The van der Waals surface area contributed by atoms with Crippen LogP contribution in [0.25, 0.3) is 11.0 Å². The summed E-state index contributed by atoms with van der Waals surface area (Å²) in [6.45, 7) is 0. The van der Waals surface area contributed by atoms with Crippen molar-refractivity contribution in [3.63, 3.8) is 0 Å². The van der Waals surface area contributed by atoms with Gasteiger partial charge in [0.2, 0.25) is 0 Å². The van der Waals surface area contributed by atoms with Crippen molar-refractivity contribution in [2.24, 2.45) is 0 Å². The van der Waals surface area contributed by atoms with Crippen LogP contribution in [-0.4, -0.2) is 22.9 Å². The highest BCUT2D eigenvalue weighted by atomic mass is 32.3. The molecule has 1 aromatic carbocycles. The molecule has 0 saturated heterocycles. The van der Waals surface area contributed by atoms with Crippen LogP contribution in [0.3, 0.4) is 0 Å². The molecule has 7 heteroatoms. The van der Waals surface area contributed by atoms with Crippen LogP contribution >= 0.6 is 0 Å². The van der Waals surface area contributed by atoms with Gasteiger partial charge in [0.1, 0.15) is 5.75 Å². The number of hydrogen-bond acceptors (Lipinski definition) is 4. The Bertz CT molecular complexity index is 560. The molecule has 14 heavy (non-hydrogen) atoms. The number of aromatic amines is 1. The van der Waals surface area contributed by atoms with Gasteiger partial charge in [-0.15, -0.1) is 0 Å². The van der Waals surface area contributed by atoms with Gasteiger partial charge >= 0.3 is 10.4 Å². The SMILES string of the molecule is O=S(=O)(O)Oc1ccc2nc[nH]c2c1. The van der Waals surface area contributed by atoms with Gasteiger partial charge in [-0.05, 0) is 12.1 Å². The molecule has 0 unspecified atom stereocenters. The summed E-state index contributed by atoms with van der Waals surface area (Å²) in [5.41, 5.74) is 1.32. The lowest BCUT2D eigenvalue weighted by molar-refractivity contribution is 0.387. The van der Waals surface area contributed by atoms with Crippen LogP contribution in [0.4, 0.5) is 0 Å². The van der Waals surface area contributed by atoms with Crippen molar-refractivity contribution in [2.45, 2.75) is 0 Å². The number of H-pyrrole nitrogens is 1. The van der Waals surface area contributed by atoms with Crippen molar-refractivity contribution in [3.05, 3.63) is 24.5 Å². The van der Waals surface area contributed by atoms with Gasteiger partial charge in [-0.25, -0.2) is 4.98 Å². The quantitative estimate of drug-likeness (QED) is 0.719. The number of imidazole rings is 1. The molecule has 0 bridgehead atoms. The second kappa shape index (κ2) is 2.96. The van der Waals surface area contributed by atoms with E-state index in [9.17, 15) is 8.42 Å². The molecule has 0 amide bonds. The monoisotopic (exact) mass is 214 g/mol. The largest absolute Gasteiger partial charge is 0.446 e. The zero-order valence-electron chi connectivity index (χ0n) is 6.84. The van der Waals surface area contributed by atoms with Crippen LogP contribution in [0.5, 0.6) is 5.75 Å². The van der Waals surface area contributed by atoms with Crippen molar-refractivity contribution in [2.75, 3.05) is 0 Å². The van der Waals surface area contributed by atoms with Crippen molar-refractivity contribution in [3.8, 4) is 5.75 Å². The normalized spacial score (nSPS) is 11.8. The second-order valence-electron chi connectivity index (χ2n) is 2.59. The number of nitrogens with zero attached hydrogens (tertiary/aromatic N) is 1. The van der Waals surface area contributed by atoms with Crippen LogP contribution < -0.4 is 4.18 Å². The molecular weight excluding hydrogens is 208 g/mol. The Hall–Kier alpha value is -1.60. The fraction of sp³-hybridized carbons (Fsp3) is 0. The molecule has 0 radical (unpaired) electrons. The molecule has 2 aromatic rings. The average Bonchev–Trinajstić information content (AvgIpc) is 2.47. The first-order valence-corrected chi connectivity index (χ1v) is 5.01. The van der Waals surface area contributed by atoms with E-state index in [-0.39, 0.29) is 5.75 Å². The first-order chi connectivity index (χ1) is 6.54. The van der Waals surface area contributed by atoms with Crippen molar-refractivity contribution in [1.29, 1.82) is 0 Å². The molecule has 74 valence electrons. The summed E-state index contributed by atoms with van der Waals surface area (Å²) in [7, 11) is -4.46. The maximum absolute atomic E-state index is 10.4. The summed E-state index contributed by atoms with van der Waals surface area (Å²) in [4.78, 5) is 6.71. The molecule has 0 fully saturated rings. The zero-order valence-corrected chi connectivity index (χ0v) is 7.65. The van der Waals surface area contributed by atoms with Gasteiger partial charge in [-0.2, -0.15) is 8.42 Å². The van der Waals surface area contributed by atoms with E-state index in [0.29, 0.717) is 11.0 Å². The fourth-order valence-electron chi connectivity index (χ4n) is 1.09. The van der Waals surface area contributed by atoms with Crippen molar-refractivity contribution < 1.29 is 17.2 Å². The minimum atomic E-state index is -4.46. The molecule has 1 heterocycles. The molecule has 2 N–H and O–H groups in total. The van der Waals surface area contributed by atoms with E-state index in [2.05, 4.69) is 14.2 Å². The summed E-state index contributed by atoms with van der Waals surface area (Å²) < 4.78 is 33.4. The van der Waals surface area contributed by atoms with E-state index in [1.165, 1.54) is 18.5 Å². The van der Waals surface area contributed by atoms with Gasteiger partial charge in [0.05, 0.1) is 17.4 Å². The predicted molar refractivity (Wildman–Crippen MR) is 48.3 cm³/mol. The topological polar surface area (TPSA) is 92.3 Å². The summed E-state index contributed by atoms with van der Waals surface area (Å²) in [5, 5.41) is 0. The molecule has 0 aliphatic heterocycles. The highest BCUT2D eigenvalue weighted by Crippen LogP contribution is 2.18. The number of fused-ring (bicyclic) bond motifs is 1. The van der Waals surface area contributed by atoms with Gasteiger partial charge < -0.3 is 9.17 Å². The number of benzene rings is 1. The third-order valence-corrected chi connectivity index (χ3v) is 2.00. The smallest absolute Gasteiger partial charge is 0.362 e. The van der Waals surface area contributed by atoms with Gasteiger partial charge in [-0.1, -0.05) is 0 Å². The van der Waals surface area contributed by atoms with Crippen LogP contribution in [0.15, 0.2) is 24.5 Å². The standard InChI is InChI=1S/C7H6N2O4S/c10-14(11,12)13-5-1-2-6-7(3-5)9-4-8-6/h1-4H,(H,8,9)(H,10,11,12). The summed E-state index contributed by atoms with van der Waals surface area (Å²) in [6, 6.07) is 4.40. The van der Waals surface area contributed by atoms with Crippen LogP contribution in [0.2, 0.25) is 0 Å². The number of rotatable bonds is 2. The Balaban J connectivity index is 2.44. The fourth-order valence-corrected chi connectivity index (χ4v) is 1.44. The molecule has 6 nitrogen and oxygen atoms in total. The summed E-state index contributed by atoms with van der Waals surface area (Å²) in [5.74, 6) is 0.0317. The van der Waals surface area contributed by atoms with Crippen molar-refractivity contribution >= 4 is 21.4 Å². The molecule has 0 aliphatic carbocycles. The number of aromatic nitrogens is 2. The average molecular weight is 214 g/mol.